The van der Waals surface area contributed by atoms with Gasteiger partial charge in [-0.2, -0.15) is 0 Å². The predicted octanol–water partition coefficient (Wildman–Crippen LogP) is 3.97. The number of para-hydroxylation sites is 1. The largest absolute Gasteiger partial charge is 0.457 e. The van der Waals surface area contributed by atoms with Crippen molar-refractivity contribution in [1.82, 2.24) is 0 Å². The van der Waals surface area contributed by atoms with E-state index in [1.165, 1.54) is 6.92 Å². The Morgan fingerprint density at radius 1 is 0.971 bits per heavy atom. The standard InChI is InChI=1S/C23H20N2O8S/c1-15(32-23(27)16-8-13-21(34(2,30)31)20(14-16)25(28)29)22(26)24-17-9-11-19(12-10-17)33-18-6-4-3-5-7-18/h3-15H,1-2H3,(H,24,26)/t15-/m1/s1. The van der Waals surface area contributed by atoms with Crippen LogP contribution >= 0.6 is 0 Å². The van der Waals surface area contributed by atoms with Crippen molar-refractivity contribution in [2.45, 2.75) is 17.9 Å². The minimum absolute atomic E-state index is 0.263. The Kier molecular flexibility index (Phi) is 7.27. The third kappa shape index (κ3) is 6.17. The van der Waals surface area contributed by atoms with Crippen LogP contribution in [0, 0.1) is 10.1 Å². The summed E-state index contributed by atoms with van der Waals surface area (Å²) < 4.78 is 34.2. The van der Waals surface area contributed by atoms with Crippen LogP contribution in [0.15, 0.2) is 77.7 Å². The van der Waals surface area contributed by atoms with Crippen molar-refractivity contribution < 1.29 is 32.4 Å². The Hall–Kier alpha value is -4.25. The van der Waals surface area contributed by atoms with Crippen molar-refractivity contribution in [3.8, 4) is 11.5 Å². The van der Waals surface area contributed by atoms with E-state index in [2.05, 4.69) is 5.32 Å². The third-order valence-corrected chi connectivity index (χ3v) is 5.69. The quantitative estimate of drug-likeness (QED) is 0.287. The molecule has 0 aliphatic rings. The summed E-state index contributed by atoms with van der Waals surface area (Å²) in [7, 11) is -3.88. The summed E-state index contributed by atoms with van der Waals surface area (Å²) in [6.07, 6.45) is -0.415. The molecule has 11 heteroatoms. The molecule has 3 rings (SSSR count). The predicted molar refractivity (Wildman–Crippen MR) is 123 cm³/mol. The van der Waals surface area contributed by atoms with Gasteiger partial charge in [-0.15, -0.1) is 0 Å². The van der Waals surface area contributed by atoms with Gasteiger partial charge in [-0.05, 0) is 55.5 Å². The first-order chi connectivity index (χ1) is 16.0. The van der Waals surface area contributed by atoms with Gasteiger partial charge in [-0.3, -0.25) is 14.9 Å². The Morgan fingerprint density at radius 2 is 1.59 bits per heavy atom. The molecule has 1 amide bonds. The molecule has 0 spiro atoms. The van der Waals surface area contributed by atoms with Crippen LogP contribution in [0.3, 0.4) is 0 Å². The number of nitro benzene ring substituents is 1. The maximum Gasteiger partial charge on any atom is 0.339 e. The summed E-state index contributed by atoms with van der Waals surface area (Å²) >= 11 is 0. The minimum atomic E-state index is -3.88. The van der Waals surface area contributed by atoms with E-state index in [1.807, 2.05) is 18.2 Å². The molecule has 0 saturated carbocycles. The summed E-state index contributed by atoms with van der Waals surface area (Å²) in [5.41, 5.74) is -0.588. The number of hydrogen-bond acceptors (Lipinski definition) is 8. The Morgan fingerprint density at radius 3 is 2.18 bits per heavy atom. The fourth-order valence-corrected chi connectivity index (χ4v) is 3.69. The molecule has 1 N–H and O–H groups in total. The molecule has 3 aromatic carbocycles. The van der Waals surface area contributed by atoms with Gasteiger partial charge in [0.15, 0.2) is 15.9 Å². The lowest BCUT2D eigenvalue weighted by Crippen LogP contribution is -2.30. The number of nitrogens with one attached hydrogen (secondary N) is 1. The molecule has 3 aromatic rings. The number of rotatable bonds is 8. The van der Waals surface area contributed by atoms with Crippen LogP contribution in [0.2, 0.25) is 0 Å². The van der Waals surface area contributed by atoms with Crippen LogP contribution in [0.5, 0.6) is 11.5 Å². The molecule has 1 atom stereocenters. The van der Waals surface area contributed by atoms with Crippen molar-refractivity contribution in [3.05, 3.63) is 88.5 Å². The maximum atomic E-state index is 12.4. The van der Waals surface area contributed by atoms with Gasteiger partial charge in [0, 0.05) is 18.0 Å². The highest BCUT2D eigenvalue weighted by Crippen LogP contribution is 2.26. The highest BCUT2D eigenvalue weighted by Gasteiger charge is 2.26. The Labute approximate surface area is 195 Å². The molecule has 0 aromatic heterocycles. The number of benzene rings is 3. The topological polar surface area (TPSA) is 142 Å². The lowest BCUT2D eigenvalue weighted by molar-refractivity contribution is -0.387. The molecule has 0 unspecified atom stereocenters. The van der Waals surface area contributed by atoms with E-state index in [-0.39, 0.29) is 5.56 Å². The number of carbonyl (C=O) groups excluding carboxylic acids is 2. The fraction of sp³-hybridized carbons (Fsp3) is 0.130. The number of nitro groups is 1. The second kappa shape index (κ2) is 10.1. The number of sulfone groups is 1. The monoisotopic (exact) mass is 484 g/mol. The normalized spacial score (nSPS) is 11.8. The van der Waals surface area contributed by atoms with Gasteiger partial charge >= 0.3 is 5.97 Å². The zero-order valence-corrected chi connectivity index (χ0v) is 18.9. The van der Waals surface area contributed by atoms with Crippen molar-refractivity contribution >= 4 is 33.1 Å². The van der Waals surface area contributed by atoms with Crippen molar-refractivity contribution in [2.24, 2.45) is 0 Å². The average Bonchev–Trinajstić information content (AvgIpc) is 2.80. The highest BCUT2D eigenvalue weighted by atomic mass is 32.2. The minimum Gasteiger partial charge on any atom is -0.457 e. The van der Waals surface area contributed by atoms with Crippen LogP contribution in [0.25, 0.3) is 0 Å². The van der Waals surface area contributed by atoms with E-state index in [0.29, 0.717) is 17.2 Å². The Balaban J connectivity index is 1.63. The molecule has 34 heavy (non-hydrogen) atoms. The summed E-state index contributed by atoms with van der Waals surface area (Å²) in [6.45, 7) is 1.33. The van der Waals surface area contributed by atoms with Gasteiger partial charge in [0.1, 0.15) is 16.4 Å². The number of carbonyl (C=O) groups is 2. The molecular weight excluding hydrogens is 464 g/mol. The van der Waals surface area contributed by atoms with Gasteiger partial charge in [0.05, 0.1) is 10.5 Å². The average molecular weight is 484 g/mol. The van der Waals surface area contributed by atoms with E-state index >= 15 is 0 Å². The molecular formula is C23H20N2O8S. The number of amides is 1. The van der Waals surface area contributed by atoms with E-state index in [0.717, 1.165) is 24.5 Å². The van der Waals surface area contributed by atoms with Crippen LogP contribution in [0.4, 0.5) is 11.4 Å². The van der Waals surface area contributed by atoms with Gasteiger partial charge in [-0.25, -0.2) is 13.2 Å². The summed E-state index contributed by atoms with van der Waals surface area (Å²) in [6, 6.07) is 18.5. The SMILES string of the molecule is C[C@@H](OC(=O)c1ccc(S(C)(=O)=O)c([N+](=O)[O-])c1)C(=O)Nc1ccc(Oc2ccccc2)cc1. The molecule has 0 saturated heterocycles. The first kappa shape index (κ1) is 24.4. The molecule has 0 aliphatic heterocycles. The van der Waals surface area contributed by atoms with E-state index in [1.54, 1.807) is 36.4 Å². The summed E-state index contributed by atoms with van der Waals surface area (Å²) in [5, 5.41) is 13.8. The van der Waals surface area contributed by atoms with Crippen LogP contribution < -0.4 is 10.1 Å². The van der Waals surface area contributed by atoms with Crippen molar-refractivity contribution in [1.29, 1.82) is 0 Å². The smallest absolute Gasteiger partial charge is 0.339 e. The summed E-state index contributed by atoms with van der Waals surface area (Å²) in [4.78, 5) is 34.6. The number of anilines is 1. The first-order valence-corrected chi connectivity index (χ1v) is 11.8. The highest BCUT2D eigenvalue weighted by molar-refractivity contribution is 7.90. The van der Waals surface area contributed by atoms with Crippen LogP contribution in [0.1, 0.15) is 17.3 Å². The zero-order valence-electron chi connectivity index (χ0n) is 18.1. The van der Waals surface area contributed by atoms with E-state index in [9.17, 15) is 28.1 Å². The maximum absolute atomic E-state index is 12.4. The molecule has 0 fully saturated rings. The van der Waals surface area contributed by atoms with E-state index < -0.39 is 43.3 Å². The van der Waals surface area contributed by atoms with Crippen LogP contribution in [-0.4, -0.2) is 37.6 Å². The Bertz CT molecular complexity index is 1320. The number of hydrogen-bond donors (Lipinski definition) is 1. The second-order valence-corrected chi connectivity index (χ2v) is 9.17. The molecule has 0 radical (unpaired) electrons. The van der Waals surface area contributed by atoms with Crippen molar-refractivity contribution in [3.63, 3.8) is 0 Å². The molecule has 176 valence electrons. The number of ether oxygens (including phenoxy) is 2. The summed E-state index contributed by atoms with van der Waals surface area (Å²) in [5.74, 6) is -0.433. The van der Waals surface area contributed by atoms with Gasteiger partial charge in [0.2, 0.25) is 0 Å². The van der Waals surface area contributed by atoms with Crippen LogP contribution in [-0.2, 0) is 19.4 Å². The van der Waals surface area contributed by atoms with Gasteiger partial charge < -0.3 is 14.8 Å². The number of esters is 1. The van der Waals surface area contributed by atoms with Gasteiger partial charge in [0.25, 0.3) is 11.6 Å². The third-order valence-electron chi connectivity index (χ3n) is 4.54. The first-order valence-electron chi connectivity index (χ1n) is 9.88. The molecule has 0 heterocycles. The molecule has 0 bridgehead atoms. The second-order valence-electron chi connectivity index (χ2n) is 7.19. The lowest BCUT2D eigenvalue weighted by Gasteiger charge is -2.14. The molecule has 10 nitrogen and oxygen atoms in total. The van der Waals surface area contributed by atoms with Crippen molar-refractivity contribution in [2.75, 3.05) is 11.6 Å². The molecule has 0 aliphatic carbocycles. The fourth-order valence-electron chi connectivity index (χ4n) is 2.86. The van der Waals surface area contributed by atoms with E-state index in [4.69, 9.17) is 9.47 Å². The zero-order chi connectivity index (χ0) is 24.9. The lowest BCUT2D eigenvalue weighted by atomic mass is 10.2. The van der Waals surface area contributed by atoms with Gasteiger partial charge in [-0.1, -0.05) is 18.2 Å². The number of nitrogens with zero attached hydrogens (tertiary/aromatic N) is 1.